The average Bonchev–Trinajstić information content (AvgIpc) is 2.70. The van der Waals surface area contributed by atoms with Gasteiger partial charge in [0.15, 0.2) is 9.84 Å². The molecule has 0 aliphatic carbocycles. The Morgan fingerprint density at radius 3 is 1.74 bits per heavy atom. The predicted molar refractivity (Wildman–Crippen MR) is 107 cm³/mol. The highest BCUT2D eigenvalue weighted by molar-refractivity contribution is 7.91. The number of aliphatic hydroxyl groups excluding tert-OH is 1. The molecule has 140 valence electrons. The lowest BCUT2D eigenvalue weighted by atomic mass is 10.1. The van der Waals surface area contributed by atoms with Crippen molar-refractivity contribution in [2.75, 3.05) is 13.6 Å². The number of likely N-dealkylation sites (N-methyl/N-ethyl adjacent to an activating group) is 1. The summed E-state index contributed by atoms with van der Waals surface area (Å²) in [7, 11) is -1.94. The topological polar surface area (TPSA) is 57.6 Å². The first kappa shape index (κ1) is 19.3. The van der Waals surface area contributed by atoms with Crippen LogP contribution in [0, 0.1) is 0 Å². The van der Waals surface area contributed by atoms with Gasteiger partial charge in [-0.3, -0.25) is 4.90 Å². The second-order valence-corrected chi connectivity index (χ2v) is 8.50. The standard InChI is InChI=1S/C22H23NO3S/c1-23(17-21(24)18-11-5-2-6-12-18)22(19-13-7-3-8-14-19)27(25,26)20-15-9-4-10-16-20/h2-16,21-22,24H,17H2,1H3/t21-,22?/m0/s1. The summed E-state index contributed by atoms with van der Waals surface area (Å²) in [5.41, 5.74) is 1.43. The predicted octanol–water partition coefficient (Wildman–Crippen LogP) is 3.82. The van der Waals surface area contributed by atoms with Crippen LogP contribution in [0.5, 0.6) is 0 Å². The summed E-state index contributed by atoms with van der Waals surface area (Å²) in [6.07, 6.45) is -0.784. The Hall–Kier alpha value is -2.47. The van der Waals surface area contributed by atoms with E-state index < -0.39 is 21.3 Å². The fourth-order valence-electron chi connectivity index (χ4n) is 3.18. The van der Waals surface area contributed by atoms with Gasteiger partial charge in [-0.25, -0.2) is 8.42 Å². The zero-order chi connectivity index (χ0) is 19.3. The molecule has 0 aliphatic rings. The number of hydrogen-bond acceptors (Lipinski definition) is 4. The van der Waals surface area contributed by atoms with Crippen LogP contribution in [0.25, 0.3) is 0 Å². The maximum absolute atomic E-state index is 13.4. The van der Waals surface area contributed by atoms with E-state index in [0.717, 1.165) is 5.56 Å². The summed E-state index contributed by atoms with van der Waals surface area (Å²) < 4.78 is 26.7. The number of hydrogen-bond donors (Lipinski definition) is 1. The van der Waals surface area contributed by atoms with Gasteiger partial charge >= 0.3 is 0 Å². The van der Waals surface area contributed by atoms with Crippen LogP contribution in [0.3, 0.4) is 0 Å². The van der Waals surface area contributed by atoms with Gasteiger partial charge in [0, 0.05) is 6.54 Å². The van der Waals surface area contributed by atoms with Crippen molar-refractivity contribution in [2.45, 2.75) is 16.4 Å². The van der Waals surface area contributed by atoms with Crippen LogP contribution in [0.2, 0.25) is 0 Å². The fraction of sp³-hybridized carbons (Fsp3) is 0.182. The lowest BCUT2D eigenvalue weighted by Gasteiger charge is -2.30. The molecule has 0 spiro atoms. The van der Waals surface area contributed by atoms with Gasteiger partial charge in [-0.2, -0.15) is 0 Å². The molecule has 3 rings (SSSR count). The van der Waals surface area contributed by atoms with Gasteiger partial charge in [-0.15, -0.1) is 0 Å². The van der Waals surface area contributed by atoms with Crippen LogP contribution in [0.15, 0.2) is 95.9 Å². The van der Waals surface area contributed by atoms with E-state index in [2.05, 4.69) is 0 Å². The Labute approximate surface area is 160 Å². The van der Waals surface area contributed by atoms with E-state index in [4.69, 9.17) is 0 Å². The maximum atomic E-state index is 13.4. The van der Waals surface area contributed by atoms with Crippen LogP contribution < -0.4 is 0 Å². The summed E-state index contributed by atoms with van der Waals surface area (Å²) in [5.74, 6) is 0. The van der Waals surface area contributed by atoms with Crippen LogP contribution in [-0.2, 0) is 9.84 Å². The van der Waals surface area contributed by atoms with Crippen LogP contribution >= 0.6 is 0 Å². The van der Waals surface area contributed by atoms with Crippen molar-refractivity contribution in [3.63, 3.8) is 0 Å². The first-order valence-corrected chi connectivity index (χ1v) is 10.3. The van der Waals surface area contributed by atoms with E-state index in [1.807, 2.05) is 48.5 Å². The van der Waals surface area contributed by atoms with E-state index in [-0.39, 0.29) is 11.4 Å². The highest BCUT2D eigenvalue weighted by Gasteiger charge is 2.33. The summed E-state index contributed by atoms with van der Waals surface area (Å²) >= 11 is 0. The first-order valence-electron chi connectivity index (χ1n) is 8.77. The molecule has 3 aromatic carbocycles. The van der Waals surface area contributed by atoms with Crippen LogP contribution in [-0.4, -0.2) is 32.0 Å². The van der Waals surface area contributed by atoms with Crippen LogP contribution in [0.4, 0.5) is 0 Å². The number of nitrogens with zero attached hydrogens (tertiary/aromatic N) is 1. The zero-order valence-electron chi connectivity index (χ0n) is 15.1. The van der Waals surface area contributed by atoms with Crippen molar-refractivity contribution in [3.8, 4) is 0 Å². The van der Waals surface area contributed by atoms with Crippen molar-refractivity contribution in [3.05, 3.63) is 102 Å². The fourth-order valence-corrected chi connectivity index (χ4v) is 5.05. The molecule has 0 aromatic heterocycles. The van der Waals surface area contributed by atoms with E-state index in [1.54, 1.807) is 54.4 Å². The molecular formula is C22H23NO3S. The van der Waals surface area contributed by atoms with Crippen molar-refractivity contribution in [1.82, 2.24) is 4.90 Å². The van der Waals surface area contributed by atoms with Gasteiger partial charge < -0.3 is 5.11 Å². The van der Waals surface area contributed by atoms with E-state index >= 15 is 0 Å². The van der Waals surface area contributed by atoms with Crippen molar-refractivity contribution in [1.29, 1.82) is 0 Å². The summed E-state index contributed by atoms with van der Waals surface area (Å²) in [5, 5.41) is 9.70. The third-order valence-corrected chi connectivity index (χ3v) is 6.65. The van der Waals surface area contributed by atoms with E-state index in [1.165, 1.54) is 0 Å². The lowest BCUT2D eigenvalue weighted by Crippen LogP contribution is -2.34. The quantitative estimate of drug-likeness (QED) is 0.676. The molecule has 5 heteroatoms. The van der Waals surface area contributed by atoms with Gasteiger partial charge in [0.1, 0.15) is 5.37 Å². The van der Waals surface area contributed by atoms with E-state index in [9.17, 15) is 13.5 Å². The Bertz CT molecular complexity index is 945. The highest BCUT2D eigenvalue weighted by Crippen LogP contribution is 2.32. The number of benzene rings is 3. The van der Waals surface area contributed by atoms with Gasteiger partial charge in [-0.1, -0.05) is 78.9 Å². The molecule has 0 bridgehead atoms. The van der Waals surface area contributed by atoms with Gasteiger partial charge in [0.05, 0.1) is 11.0 Å². The second-order valence-electron chi connectivity index (χ2n) is 6.49. The third-order valence-electron chi connectivity index (χ3n) is 4.50. The molecule has 1 unspecified atom stereocenters. The monoisotopic (exact) mass is 381 g/mol. The Balaban J connectivity index is 1.96. The van der Waals surface area contributed by atoms with E-state index in [0.29, 0.717) is 5.56 Å². The highest BCUT2D eigenvalue weighted by atomic mass is 32.2. The molecule has 0 heterocycles. The molecule has 0 fully saturated rings. The number of aliphatic hydroxyl groups is 1. The van der Waals surface area contributed by atoms with Crippen molar-refractivity contribution >= 4 is 9.84 Å². The number of sulfone groups is 1. The molecule has 0 aliphatic heterocycles. The van der Waals surface area contributed by atoms with Gasteiger partial charge in [0.25, 0.3) is 0 Å². The number of rotatable bonds is 7. The molecule has 4 nitrogen and oxygen atoms in total. The summed E-state index contributed by atoms with van der Waals surface area (Å²) in [4.78, 5) is 1.95. The normalized spacial score (nSPS) is 14.0. The van der Waals surface area contributed by atoms with Crippen LogP contribution in [0.1, 0.15) is 22.6 Å². The minimum atomic E-state index is -3.67. The Morgan fingerprint density at radius 1 is 0.778 bits per heavy atom. The van der Waals surface area contributed by atoms with Crippen molar-refractivity contribution < 1.29 is 13.5 Å². The molecular weight excluding hydrogens is 358 g/mol. The molecule has 0 saturated carbocycles. The SMILES string of the molecule is CN(C[C@H](O)c1ccccc1)C(c1ccccc1)S(=O)(=O)c1ccccc1. The Kier molecular flexibility index (Phi) is 6.06. The molecule has 0 amide bonds. The molecule has 3 aromatic rings. The average molecular weight is 381 g/mol. The molecule has 27 heavy (non-hydrogen) atoms. The first-order chi connectivity index (χ1) is 13.0. The lowest BCUT2D eigenvalue weighted by molar-refractivity contribution is 0.120. The van der Waals surface area contributed by atoms with Gasteiger partial charge in [-0.05, 0) is 30.3 Å². The third kappa shape index (κ3) is 4.45. The Morgan fingerprint density at radius 2 is 1.22 bits per heavy atom. The molecule has 0 saturated heterocycles. The smallest absolute Gasteiger partial charge is 0.198 e. The second kappa shape index (κ2) is 8.48. The molecule has 0 radical (unpaired) electrons. The minimum Gasteiger partial charge on any atom is -0.387 e. The molecule has 1 N–H and O–H groups in total. The van der Waals surface area contributed by atoms with Crippen molar-refractivity contribution in [2.24, 2.45) is 0 Å². The molecule has 2 atom stereocenters. The summed E-state index contributed by atoms with van der Waals surface area (Å²) in [6.45, 7) is 0.190. The zero-order valence-corrected chi connectivity index (χ0v) is 16.0. The summed E-state index contributed by atoms with van der Waals surface area (Å²) in [6, 6.07) is 26.8. The van der Waals surface area contributed by atoms with Gasteiger partial charge in [0.2, 0.25) is 0 Å². The maximum Gasteiger partial charge on any atom is 0.198 e. The largest absolute Gasteiger partial charge is 0.387 e. The minimum absolute atomic E-state index is 0.190.